The van der Waals surface area contributed by atoms with Crippen molar-refractivity contribution in [3.05, 3.63) is 86.5 Å². The second kappa shape index (κ2) is 15.4. The number of halogens is 3. The van der Waals surface area contributed by atoms with Gasteiger partial charge in [-0.15, -0.1) is 0 Å². The molecule has 1 aliphatic heterocycles. The molecule has 0 saturated carbocycles. The summed E-state index contributed by atoms with van der Waals surface area (Å²) in [5, 5.41) is 4.20. The van der Waals surface area contributed by atoms with Gasteiger partial charge in [0.15, 0.2) is 0 Å². The minimum absolute atomic E-state index is 0.305. The van der Waals surface area contributed by atoms with Gasteiger partial charge in [-0.05, 0) is 119 Å². The minimum atomic E-state index is -3.16. The fourth-order valence-electron chi connectivity index (χ4n) is 8.55. The third kappa shape index (κ3) is 6.88. The van der Waals surface area contributed by atoms with Gasteiger partial charge in [-0.2, -0.15) is 33.2 Å². The zero-order valence-corrected chi connectivity index (χ0v) is 40.6. The van der Waals surface area contributed by atoms with Crippen LogP contribution in [0, 0.1) is 0 Å². The average Bonchev–Trinajstić information content (AvgIpc) is 3.44. The van der Waals surface area contributed by atoms with Gasteiger partial charge in [-0.25, -0.2) is 0 Å². The third-order valence-corrected chi connectivity index (χ3v) is 74.9. The van der Waals surface area contributed by atoms with Gasteiger partial charge in [0.1, 0.15) is 0 Å². The van der Waals surface area contributed by atoms with Crippen molar-refractivity contribution in [1.29, 1.82) is 0 Å². The summed E-state index contributed by atoms with van der Waals surface area (Å²) < 4.78 is 0. The van der Waals surface area contributed by atoms with Crippen LogP contribution in [0.15, 0.2) is 36.4 Å². The molecular weight excluding hydrogens is 731 g/mol. The Balaban J connectivity index is 2.40. The molecule has 282 valence electrons. The van der Waals surface area contributed by atoms with Crippen molar-refractivity contribution in [3.8, 4) is 0 Å². The van der Waals surface area contributed by atoms with Crippen LogP contribution in [0.25, 0.3) is 0 Å². The van der Waals surface area contributed by atoms with Gasteiger partial charge in [0.2, 0.25) is 19.3 Å². The first-order valence-electron chi connectivity index (χ1n) is 20.0. The maximum absolute atomic E-state index is 8.99. The highest BCUT2D eigenvalue weighted by Gasteiger charge is 2.96. The summed E-state index contributed by atoms with van der Waals surface area (Å²) in [4.78, 5) is 0. The van der Waals surface area contributed by atoms with Gasteiger partial charge in [0.25, 0.3) is 0 Å². The molecule has 1 aliphatic rings. The molecule has 0 spiro atoms. The van der Waals surface area contributed by atoms with Crippen LogP contribution >= 0.6 is 33.2 Å². The van der Waals surface area contributed by atoms with Crippen molar-refractivity contribution in [3.63, 3.8) is 0 Å². The van der Waals surface area contributed by atoms with Gasteiger partial charge in [0.05, 0.1) is 0 Å². The number of benzene rings is 3. The highest BCUT2D eigenvalue weighted by atomic mass is 35.6. The minimum Gasteiger partial charge on any atom is -0.165 e. The first-order valence-corrected chi connectivity index (χ1v) is 32.1. The molecule has 0 nitrogen and oxygen atoms in total. The van der Waals surface area contributed by atoms with Crippen LogP contribution in [0.1, 0.15) is 228 Å². The van der Waals surface area contributed by atoms with E-state index in [2.05, 4.69) is 161 Å². The Labute approximate surface area is 330 Å². The summed E-state index contributed by atoms with van der Waals surface area (Å²) in [5.41, 5.74) is 12.5. The Morgan fingerprint density at radius 1 is 0.275 bits per heavy atom. The summed E-state index contributed by atoms with van der Waals surface area (Å²) in [6.07, 6.45) is -9.49. The van der Waals surface area contributed by atoms with E-state index in [9.17, 15) is 0 Å². The Morgan fingerprint density at radius 2 is 0.412 bits per heavy atom. The summed E-state index contributed by atoms with van der Waals surface area (Å²) in [5.74, 6) is 3.09. The maximum Gasteiger partial charge on any atom is 0.211 e. The second-order valence-electron chi connectivity index (χ2n) is 18.6. The predicted octanol–water partition coefficient (Wildman–Crippen LogP) is 13.6. The number of rotatable bonds is 12. The molecule has 0 bridgehead atoms. The zero-order valence-electron chi connectivity index (χ0n) is 35.3. The van der Waals surface area contributed by atoms with Gasteiger partial charge in [-0.3, -0.25) is 0 Å². The van der Waals surface area contributed by atoms with Crippen molar-refractivity contribution in [2.75, 3.05) is 0 Å². The fourth-order valence-corrected chi connectivity index (χ4v) is 91.8. The Kier molecular flexibility index (Phi) is 12.9. The smallest absolute Gasteiger partial charge is 0.165 e. The molecule has 3 aromatic rings. The van der Waals surface area contributed by atoms with Crippen molar-refractivity contribution in [1.82, 2.24) is 0 Å². The van der Waals surface area contributed by atoms with Crippen LogP contribution in [0.4, 0.5) is 0 Å². The Bertz CT molecular complexity index is 1450. The SMILES string of the molecule is CC(C)c1cc(C(C)C)c([Si]2(Cl)[Si](Cl)(c3c(C(C)C)cc(C(C)C)cc3C(C)C)[Si]2(Cl)c2c(C(C)C)cc(C(C)C)cc2C(C)C)c(C(C)C)c1. The lowest BCUT2D eigenvalue weighted by atomic mass is 9.89. The summed E-state index contributed by atoms with van der Waals surface area (Å²) in [6.45, 7) is 42.1. The molecule has 0 aromatic heterocycles. The van der Waals surface area contributed by atoms with Gasteiger partial charge < -0.3 is 0 Å². The van der Waals surface area contributed by atoms with Gasteiger partial charge >= 0.3 is 0 Å². The van der Waals surface area contributed by atoms with Crippen LogP contribution < -0.4 is 15.6 Å². The Morgan fingerprint density at radius 3 is 0.510 bits per heavy atom. The molecular formula is C45H69Cl3Si3. The molecule has 51 heavy (non-hydrogen) atoms. The number of hydrogen-bond donors (Lipinski definition) is 0. The monoisotopic (exact) mass is 798 g/mol. The molecule has 1 heterocycles. The molecule has 0 aliphatic carbocycles. The lowest BCUT2D eigenvalue weighted by Gasteiger charge is -2.29. The summed E-state index contributed by atoms with van der Waals surface area (Å²) >= 11 is 27.0. The highest BCUT2D eigenvalue weighted by molar-refractivity contribution is 8.40. The topological polar surface area (TPSA) is 0 Å². The molecule has 0 unspecified atom stereocenters. The molecule has 1 saturated heterocycles. The standard InChI is InChI=1S/C45H69Cl3Si3/c1-25(2)34-19-37(28(7)8)43(38(20-34)29(9)10)49(46)50(47,44-39(30(11)12)21-35(26(3)4)22-40(44)31(13)14)51(49,48)45-41(32(15)16)23-36(27(5)6)24-42(45)33(17)18/h19-33H,1-18H3. The molecule has 4 rings (SSSR count). The highest BCUT2D eigenvalue weighted by Crippen LogP contribution is 2.61. The number of hydrogen-bond acceptors (Lipinski definition) is 0. The van der Waals surface area contributed by atoms with E-state index in [1.165, 1.54) is 65.6 Å². The van der Waals surface area contributed by atoms with E-state index in [4.69, 9.17) is 33.2 Å². The van der Waals surface area contributed by atoms with Crippen LogP contribution in [0.5, 0.6) is 0 Å². The molecule has 0 amide bonds. The van der Waals surface area contributed by atoms with Crippen LogP contribution in [0.2, 0.25) is 0 Å². The summed E-state index contributed by atoms with van der Waals surface area (Å²) in [6, 6.07) is 15.0. The molecule has 3 aromatic carbocycles. The average molecular weight is 801 g/mol. The van der Waals surface area contributed by atoms with Crippen molar-refractivity contribution in [2.45, 2.75) is 178 Å². The fraction of sp³-hybridized carbons (Fsp3) is 0.600. The predicted molar refractivity (Wildman–Crippen MR) is 240 cm³/mol. The van der Waals surface area contributed by atoms with E-state index in [1.54, 1.807) is 0 Å². The normalized spacial score (nSPS) is 22.5. The van der Waals surface area contributed by atoms with E-state index in [-0.39, 0.29) is 0 Å². The van der Waals surface area contributed by atoms with Crippen LogP contribution in [-0.2, 0) is 0 Å². The molecule has 0 radical (unpaired) electrons. The van der Waals surface area contributed by atoms with Crippen molar-refractivity contribution >= 4 is 68.1 Å². The molecule has 0 N–H and O–H groups in total. The first kappa shape index (κ1) is 42.9. The maximum atomic E-state index is 8.99. The zero-order chi connectivity index (χ0) is 38.9. The molecule has 0 atom stereocenters. The van der Waals surface area contributed by atoms with E-state index in [1.807, 2.05) is 0 Å². The lowest BCUT2D eigenvalue weighted by molar-refractivity contribution is 0.812. The second-order valence-corrected chi connectivity index (χ2v) is 52.8. The molecule has 6 heteroatoms. The lowest BCUT2D eigenvalue weighted by Crippen LogP contribution is -2.51. The van der Waals surface area contributed by atoms with E-state index >= 15 is 0 Å². The molecule has 1 fully saturated rings. The third-order valence-electron chi connectivity index (χ3n) is 11.8. The van der Waals surface area contributed by atoms with E-state index in [0.29, 0.717) is 53.3 Å². The quantitative estimate of drug-likeness (QED) is 0.126. The van der Waals surface area contributed by atoms with Crippen molar-refractivity contribution < 1.29 is 0 Å². The largest absolute Gasteiger partial charge is 0.211 e. The summed E-state index contributed by atoms with van der Waals surface area (Å²) in [7, 11) is 0. The van der Waals surface area contributed by atoms with E-state index < -0.39 is 19.3 Å². The first-order chi connectivity index (χ1) is 23.4. The van der Waals surface area contributed by atoms with Crippen molar-refractivity contribution in [2.24, 2.45) is 0 Å². The van der Waals surface area contributed by atoms with Crippen LogP contribution in [0.3, 0.4) is 0 Å². The Hall–Kier alpha value is -0.819. The van der Waals surface area contributed by atoms with Crippen LogP contribution in [-0.4, -0.2) is 19.3 Å². The van der Waals surface area contributed by atoms with Gasteiger partial charge in [-0.1, -0.05) is 161 Å². The van der Waals surface area contributed by atoms with E-state index in [0.717, 1.165) is 0 Å². The van der Waals surface area contributed by atoms with Gasteiger partial charge in [0, 0.05) is 0 Å².